The zero-order valence-corrected chi connectivity index (χ0v) is 12.3. The molecule has 4 atom stereocenters. The van der Waals surface area contributed by atoms with Crippen LogP contribution in [-0.4, -0.2) is 71.2 Å². The molecule has 11 heteroatoms. The molecule has 0 saturated carbocycles. The molecule has 2 aromatic rings. The number of nitrogens with one attached hydrogen (secondary N) is 1. The Bertz CT molecular complexity index is 682. The first-order valence-corrected chi connectivity index (χ1v) is 7.64. The van der Waals surface area contributed by atoms with Crippen molar-refractivity contribution in [1.29, 1.82) is 0 Å². The molecule has 1 fully saturated rings. The second-order valence-electron chi connectivity index (χ2n) is 4.72. The summed E-state index contributed by atoms with van der Waals surface area (Å²) in [5, 5.41) is 38.6. The van der Waals surface area contributed by atoms with Crippen LogP contribution in [0.1, 0.15) is 6.23 Å². The number of anilines is 1. The number of rotatable bonds is 4. The molecule has 0 radical (unpaired) electrons. The van der Waals surface area contributed by atoms with Gasteiger partial charge in [-0.1, -0.05) is 11.8 Å². The van der Waals surface area contributed by atoms with E-state index >= 15 is 0 Å². The van der Waals surface area contributed by atoms with Gasteiger partial charge in [-0.05, 0) is 6.26 Å². The fraction of sp³-hybridized carbons (Fsp3) is 0.545. The third-order valence-electron chi connectivity index (χ3n) is 3.48. The zero-order valence-electron chi connectivity index (χ0n) is 11.5. The first-order chi connectivity index (χ1) is 10.6. The van der Waals surface area contributed by atoms with E-state index in [0.29, 0.717) is 10.8 Å². The summed E-state index contributed by atoms with van der Waals surface area (Å²) in [6, 6.07) is 0. The highest BCUT2D eigenvalue weighted by Crippen LogP contribution is 2.32. The van der Waals surface area contributed by atoms with Crippen molar-refractivity contribution >= 4 is 28.7 Å². The molecular formula is C11H15N5O5S. The van der Waals surface area contributed by atoms with E-state index in [1.54, 1.807) is 6.26 Å². The minimum absolute atomic E-state index is 0.125. The summed E-state index contributed by atoms with van der Waals surface area (Å²) in [5.74, 6) is 0.125. The minimum Gasteiger partial charge on any atom is -0.394 e. The summed E-state index contributed by atoms with van der Waals surface area (Å²) >= 11 is 1.27. The molecule has 1 aliphatic rings. The van der Waals surface area contributed by atoms with E-state index in [2.05, 4.69) is 15.0 Å². The van der Waals surface area contributed by atoms with E-state index in [1.165, 1.54) is 22.7 Å². The lowest BCUT2D eigenvalue weighted by atomic mass is 10.1. The highest BCUT2D eigenvalue weighted by molar-refractivity contribution is 7.98. The lowest BCUT2D eigenvalue weighted by molar-refractivity contribution is -0.0511. The van der Waals surface area contributed by atoms with Gasteiger partial charge >= 0.3 is 0 Å². The molecule has 22 heavy (non-hydrogen) atoms. The van der Waals surface area contributed by atoms with E-state index in [9.17, 15) is 10.2 Å². The van der Waals surface area contributed by atoms with Crippen molar-refractivity contribution in [2.45, 2.75) is 29.7 Å². The molecule has 120 valence electrons. The van der Waals surface area contributed by atoms with Gasteiger partial charge in [0.1, 0.15) is 18.3 Å². The highest BCUT2D eigenvalue weighted by Gasteiger charge is 2.44. The quantitative estimate of drug-likeness (QED) is 0.268. The SMILES string of the molecule is CSc1nc(NO)c2ncn([C@@H]3O[C@H](CO)[C@@H](O)[C@H]3O)c2n1. The van der Waals surface area contributed by atoms with Gasteiger partial charge < -0.3 is 20.1 Å². The molecule has 1 aliphatic heterocycles. The lowest BCUT2D eigenvalue weighted by Gasteiger charge is -2.16. The molecule has 1 saturated heterocycles. The monoisotopic (exact) mass is 329 g/mol. The predicted octanol–water partition coefficient (Wildman–Crippen LogP) is -1.04. The number of ether oxygens (including phenoxy) is 1. The van der Waals surface area contributed by atoms with E-state index in [0.717, 1.165) is 0 Å². The molecule has 3 rings (SSSR count). The average molecular weight is 329 g/mol. The number of thioether (sulfide) groups is 1. The van der Waals surface area contributed by atoms with Crippen LogP contribution in [-0.2, 0) is 4.74 Å². The Balaban J connectivity index is 2.08. The van der Waals surface area contributed by atoms with Gasteiger partial charge in [0.25, 0.3) is 0 Å². The van der Waals surface area contributed by atoms with Crippen LogP contribution in [0.2, 0.25) is 0 Å². The zero-order chi connectivity index (χ0) is 15.9. The van der Waals surface area contributed by atoms with E-state index in [4.69, 9.17) is 15.1 Å². The van der Waals surface area contributed by atoms with Crippen LogP contribution in [0, 0.1) is 0 Å². The second-order valence-corrected chi connectivity index (χ2v) is 5.50. The number of hydrogen-bond donors (Lipinski definition) is 5. The fourth-order valence-corrected chi connectivity index (χ4v) is 2.72. The van der Waals surface area contributed by atoms with Gasteiger partial charge in [0, 0.05) is 0 Å². The first kappa shape index (κ1) is 15.4. The molecule has 0 spiro atoms. The lowest BCUT2D eigenvalue weighted by Crippen LogP contribution is -2.33. The maximum absolute atomic E-state index is 10.1. The smallest absolute Gasteiger partial charge is 0.191 e. The summed E-state index contributed by atoms with van der Waals surface area (Å²) in [7, 11) is 0. The Morgan fingerprint density at radius 3 is 2.73 bits per heavy atom. The third-order valence-corrected chi connectivity index (χ3v) is 4.03. The van der Waals surface area contributed by atoms with Crippen LogP contribution >= 0.6 is 11.8 Å². The fourth-order valence-electron chi connectivity index (χ4n) is 2.36. The van der Waals surface area contributed by atoms with Gasteiger partial charge in [-0.3, -0.25) is 15.3 Å². The molecule has 5 N–H and O–H groups in total. The van der Waals surface area contributed by atoms with Crippen molar-refractivity contribution in [3.05, 3.63) is 6.33 Å². The first-order valence-electron chi connectivity index (χ1n) is 6.41. The van der Waals surface area contributed by atoms with Crippen LogP contribution in [0.3, 0.4) is 0 Å². The molecule has 0 amide bonds. The molecule has 3 heterocycles. The molecular weight excluding hydrogens is 314 g/mol. The number of nitrogens with zero attached hydrogens (tertiary/aromatic N) is 4. The second kappa shape index (κ2) is 5.95. The Labute approximate surface area is 128 Å². The number of hydrogen-bond acceptors (Lipinski definition) is 10. The predicted molar refractivity (Wildman–Crippen MR) is 75.5 cm³/mol. The summed E-state index contributed by atoms with van der Waals surface area (Å²) in [4.78, 5) is 12.4. The molecule has 10 nitrogen and oxygen atoms in total. The molecule has 0 unspecified atom stereocenters. The van der Waals surface area contributed by atoms with Crippen LogP contribution in [0.4, 0.5) is 5.82 Å². The Morgan fingerprint density at radius 2 is 2.14 bits per heavy atom. The largest absolute Gasteiger partial charge is 0.394 e. The standard InChI is InChI=1S/C11H15N5O5S/c1-22-11-13-8(15-20)5-9(14-11)16(3-12-5)10-7(19)6(18)4(2-17)21-10/h3-4,6-7,10,17-20H,2H2,1H3,(H,13,14,15)/t4-,6-,7-,10-/m1/s1. The number of imidazole rings is 1. The van der Waals surface area contributed by atoms with Crippen LogP contribution in [0.15, 0.2) is 11.5 Å². The number of aromatic nitrogens is 4. The number of fused-ring (bicyclic) bond motifs is 1. The van der Waals surface area contributed by atoms with E-state index in [-0.39, 0.29) is 11.3 Å². The topological polar surface area (TPSA) is 146 Å². The van der Waals surface area contributed by atoms with Gasteiger partial charge in [-0.2, -0.15) is 0 Å². The number of aliphatic hydroxyl groups excluding tert-OH is 3. The van der Waals surface area contributed by atoms with Gasteiger partial charge in [0.15, 0.2) is 28.4 Å². The summed E-state index contributed by atoms with van der Waals surface area (Å²) in [6.07, 6.45) is -1.17. The molecule has 0 aliphatic carbocycles. The van der Waals surface area contributed by atoms with Gasteiger partial charge in [0.2, 0.25) is 0 Å². The summed E-state index contributed by atoms with van der Waals surface area (Å²) < 4.78 is 6.89. The van der Waals surface area contributed by atoms with Crippen molar-refractivity contribution < 1.29 is 25.3 Å². The Kier molecular flexibility index (Phi) is 4.16. The third kappa shape index (κ3) is 2.31. The average Bonchev–Trinajstić information content (AvgIpc) is 3.08. The Morgan fingerprint density at radius 1 is 1.36 bits per heavy atom. The van der Waals surface area contributed by atoms with E-state index in [1.807, 2.05) is 5.48 Å². The normalized spacial score (nSPS) is 28.4. The summed E-state index contributed by atoms with van der Waals surface area (Å²) in [6.45, 7) is -0.421. The molecule has 2 aromatic heterocycles. The van der Waals surface area contributed by atoms with Crippen molar-refractivity contribution in [3.63, 3.8) is 0 Å². The molecule has 0 aromatic carbocycles. The van der Waals surface area contributed by atoms with E-state index < -0.39 is 31.1 Å². The van der Waals surface area contributed by atoms with Gasteiger partial charge in [-0.25, -0.2) is 15.0 Å². The van der Waals surface area contributed by atoms with Gasteiger partial charge in [-0.15, -0.1) is 0 Å². The van der Waals surface area contributed by atoms with Crippen LogP contribution in [0.5, 0.6) is 0 Å². The van der Waals surface area contributed by atoms with Crippen LogP contribution in [0.25, 0.3) is 11.2 Å². The van der Waals surface area contributed by atoms with Crippen molar-refractivity contribution in [2.75, 3.05) is 18.3 Å². The Hall–Kier alpha value is -1.50. The maximum Gasteiger partial charge on any atom is 0.191 e. The van der Waals surface area contributed by atoms with Crippen LogP contribution < -0.4 is 5.48 Å². The van der Waals surface area contributed by atoms with Gasteiger partial charge in [0.05, 0.1) is 12.9 Å². The van der Waals surface area contributed by atoms with Crippen molar-refractivity contribution in [3.8, 4) is 0 Å². The molecule has 0 bridgehead atoms. The summed E-state index contributed by atoms with van der Waals surface area (Å²) in [5.41, 5.74) is 2.57. The number of aliphatic hydroxyl groups is 3. The van der Waals surface area contributed by atoms with Crippen molar-refractivity contribution in [2.24, 2.45) is 0 Å². The highest BCUT2D eigenvalue weighted by atomic mass is 32.2. The maximum atomic E-state index is 10.1. The van der Waals surface area contributed by atoms with Crippen molar-refractivity contribution in [1.82, 2.24) is 19.5 Å². The minimum atomic E-state index is -1.24.